The molecule has 1 fully saturated rings. The van der Waals surface area contributed by atoms with Crippen LogP contribution in [0.2, 0.25) is 0 Å². The number of piperidine rings is 1. The lowest BCUT2D eigenvalue weighted by Crippen LogP contribution is -2.64. The number of phenols is 1. The fourth-order valence-electron chi connectivity index (χ4n) is 5.28. The van der Waals surface area contributed by atoms with E-state index in [1.807, 2.05) is 6.07 Å². The van der Waals surface area contributed by atoms with Gasteiger partial charge in [0.1, 0.15) is 11.6 Å². The first-order valence-corrected chi connectivity index (χ1v) is 10.1. The number of carbonyl (C=O) groups is 2. The van der Waals surface area contributed by atoms with Crippen molar-refractivity contribution in [1.29, 1.82) is 0 Å². The van der Waals surface area contributed by atoms with Crippen LogP contribution in [0.5, 0.6) is 5.75 Å². The number of hydrogen-bond acceptors (Lipinski definition) is 4. The Morgan fingerprint density at radius 2 is 1.87 bits per heavy atom. The largest absolute Gasteiger partial charge is 0.508 e. The molecular formula is C24H26FNO4. The smallest absolute Gasteiger partial charge is 0.337 e. The van der Waals surface area contributed by atoms with E-state index in [0.29, 0.717) is 13.0 Å². The zero-order valence-corrected chi connectivity index (χ0v) is 17.7. The van der Waals surface area contributed by atoms with Crippen molar-refractivity contribution >= 4 is 11.9 Å². The maximum absolute atomic E-state index is 14.2. The van der Waals surface area contributed by atoms with Gasteiger partial charge in [-0.25, -0.2) is 9.18 Å². The summed E-state index contributed by atoms with van der Waals surface area (Å²) in [5, 5.41) is 10.5. The van der Waals surface area contributed by atoms with Gasteiger partial charge in [0.05, 0.1) is 12.7 Å². The molecule has 2 atom stereocenters. The van der Waals surface area contributed by atoms with Gasteiger partial charge in [-0.2, -0.15) is 0 Å². The molecule has 0 radical (unpaired) electrons. The third-order valence-electron chi connectivity index (χ3n) is 7.45. The number of halogens is 1. The Morgan fingerprint density at radius 1 is 1.17 bits per heavy atom. The Balaban J connectivity index is 1.77. The summed E-state index contributed by atoms with van der Waals surface area (Å²) in [7, 11) is 1.22. The van der Waals surface area contributed by atoms with Crippen molar-refractivity contribution in [3.63, 3.8) is 0 Å². The molecule has 158 valence electrons. The molecule has 2 aromatic rings. The monoisotopic (exact) mass is 411 g/mol. The topological polar surface area (TPSA) is 66.8 Å². The predicted octanol–water partition coefficient (Wildman–Crippen LogP) is 4.07. The van der Waals surface area contributed by atoms with E-state index >= 15 is 0 Å². The number of hydrogen-bond donors (Lipinski definition) is 1. The van der Waals surface area contributed by atoms with Gasteiger partial charge >= 0.3 is 5.97 Å². The molecule has 1 saturated heterocycles. The third-order valence-corrected chi connectivity index (χ3v) is 7.45. The molecule has 2 bridgehead atoms. The van der Waals surface area contributed by atoms with E-state index in [1.165, 1.54) is 13.2 Å². The molecule has 30 heavy (non-hydrogen) atoms. The Hall–Kier alpha value is -2.89. The normalized spacial score (nSPS) is 24.2. The second-order valence-corrected chi connectivity index (χ2v) is 9.05. The van der Waals surface area contributed by atoms with Crippen LogP contribution in [0.15, 0.2) is 36.4 Å². The van der Waals surface area contributed by atoms with Crippen LogP contribution in [0, 0.1) is 11.2 Å². The first-order chi connectivity index (χ1) is 14.1. The maximum atomic E-state index is 14.2. The molecule has 1 N–H and O–H groups in total. The summed E-state index contributed by atoms with van der Waals surface area (Å²) < 4.78 is 18.8. The minimum Gasteiger partial charge on any atom is -0.508 e. The molecule has 2 aliphatic rings. The van der Waals surface area contributed by atoms with Gasteiger partial charge in [0.2, 0.25) is 0 Å². The lowest BCUT2D eigenvalue weighted by Gasteiger charge is -2.60. The molecule has 1 aliphatic heterocycles. The molecule has 6 heteroatoms. The number of likely N-dealkylation sites (tertiary alicyclic amines) is 1. The highest BCUT2D eigenvalue weighted by atomic mass is 19.1. The van der Waals surface area contributed by atoms with Crippen LogP contribution >= 0.6 is 0 Å². The number of ether oxygens (including phenoxy) is 1. The van der Waals surface area contributed by atoms with E-state index in [0.717, 1.165) is 29.7 Å². The average Bonchev–Trinajstić information content (AvgIpc) is 2.69. The fraction of sp³-hybridized carbons (Fsp3) is 0.417. The minimum atomic E-state index is -0.688. The third kappa shape index (κ3) is 2.81. The summed E-state index contributed by atoms with van der Waals surface area (Å²) in [6, 6.07) is 9.05. The van der Waals surface area contributed by atoms with Gasteiger partial charge in [-0.15, -0.1) is 0 Å². The van der Waals surface area contributed by atoms with Crippen molar-refractivity contribution in [2.75, 3.05) is 13.7 Å². The lowest BCUT2D eigenvalue weighted by molar-refractivity contribution is -0.0266. The number of esters is 1. The number of methoxy groups -OCH3 is 1. The van der Waals surface area contributed by atoms with E-state index in [-0.39, 0.29) is 39.7 Å². The summed E-state index contributed by atoms with van der Waals surface area (Å²) in [6.45, 7) is 7.00. The van der Waals surface area contributed by atoms with Crippen molar-refractivity contribution < 1.29 is 23.8 Å². The second kappa shape index (κ2) is 6.83. The van der Waals surface area contributed by atoms with Crippen molar-refractivity contribution in [1.82, 2.24) is 4.90 Å². The second-order valence-electron chi connectivity index (χ2n) is 9.05. The SMILES string of the molecule is COC(=O)c1cc(F)cc(C(=O)N2CCC3(C)c4cccc(O)c4C[C@@H]2C3(C)C)c1. The number of nitrogens with zero attached hydrogens (tertiary/aromatic N) is 1. The van der Waals surface area contributed by atoms with Crippen LogP contribution in [-0.4, -0.2) is 41.6 Å². The number of rotatable bonds is 2. The van der Waals surface area contributed by atoms with Crippen LogP contribution in [-0.2, 0) is 16.6 Å². The zero-order chi connectivity index (χ0) is 21.8. The van der Waals surface area contributed by atoms with E-state index in [9.17, 15) is 19.1 Å². The van der Waals surface area contributed by atoms with Crippen LogP contribution in [0.25, 0.3) is 0 Å². The molecule has 0 saturated carbocycles. The number of carbonyl (C=O) groups excluding carboxylic acids is 2. The number of benzene rings is 2. The highest BCUT2D eigenvalue weighted by Crippen LogP contribution is 2.57. The Bertz CT molecular complexity index is 1050. The fourth-order valence-corrected chi connectivity index (χ4v) is 5.28. The summed E-state index contributed by atoms with van der Waals surface area (Å²) in [5.41, 5.74) is 1.66. The molecule has 2 aromatic carbocycles. The van der Waals surface area contributed by atoms with Crippen LogP contribution in [0.3, 0.4) is 0 Å². The van der Waals surface area contributed by atoms with E-state index in [1.54, 1.807) is 11.0 Å². The first kappa shape index (κ1) is 20.4. The standard InChI is InChI=1S/C24H26FNO4/c1-23(2)20-13-17-18(6-5-7-19(17)27)24(23,3)8-9-26(20)21(28)14-10-15(22(29)30-4)12-16(25)11-14/h5-7,10-12,20,27H,8-9,13H2,1-4H3/t20-,24?/m1/s1. The zero-order valence-electron chi connectivity index (χ0n) is 17.7. The van der Waals surface area contributed by atoms with Gasteiger partial charge in [0, 0.05) is 23.6 Å². The molecular weight excluding hydrogens is 385 g/mol. The first-order valence-electron chi connectivity index (χ1n) is 10.1. The number of phenolic OH excluding ortho intramolecular Hbond substituents is 1. The minimum absolute atomic E-state index is 0.00796. The van der Waals surface area contributed by atoms with Crippen molar-refractivity contribution in [2.24, 2.45) is 5.41 Å². The average molecular weight is 411 g/mol. The highest BCUT2D eigenvalue weighted by molar-refractivity contribution is 5.98. The Kier molecular flexibility index (Phi) is 4.64. The van der Waals surface area contributed by atoms with E-state index in [2.05, 4.69) is 31.6 Å². The molecule has 0 aromatic heterocycles. The van der Waals surface area contributed by atoms with Gasteiger partial charge < -0.3 is 14.7 Å². The Morgan fingerprint density at radius 3 is 2.57 bits per heavy atom. The lowest BCUT2D eigenvalue weighted by atomic mass is 9.51. The molecule has 1 heterocycles. The van der Waals surface area contributed by atoms with Gasteiger partial charge in [-0.05, 0) is 53.6 Å². The van der Waals surface area contributed by atoms with Gasteiger partial charge in [0.15, 0.2) is 0 Å². The maximum Gasteiger partial charge on any atom is 0.337 e. The van der Waals surface area contributed by atoms with E-state index < -0.39 is 11.8 Å². The highest BCUT2D eigenvalue weighted by Gasteiger charge is 2.57. The van der Waals surface area contributed by atoms with Gasteiger partial charge in [-0.3, -0.25) is 4.79 Å². The molecule has 5 nitrogen and oxygen atoms in total. The molecule has 1 unspecified atom stereocenters. The molecule has 0 spiro atoms. The van der Waals surface area contributed by atoms with E-state index in [4.69, 9.17) is 0 Å². The van der Waals surface area contributed by atoms with Crippen molar-refractivity contribution in [2.45, 2.75) is 45.1 Å². The van der Waals surface area contributed by atoms with Gasteiger partial charge in [-0.1, -0.05) is 32.9 Å². The Labute approximate surface area is 175 Å². The number of aromatic hydroxyl groups is 1. The summed E-state index contributed by atoms with van der Waals surface area (Å²) in [4.78, 5) is 27.1. The summed E-state index contributed by atoms with van der Waals surface area (Å²) in [6.07, 6.45) is 1.24. The van der Waals surface area contributed by atoms with Gasteiger partial charge in [0.25, 0.3) is 5.91 Å². The van der Waals surface area contributed by atoms with Crippen LogP contribution in [0.4, 0.5) is 4.39 Å². The van der Waals surface area contributed by atoms with Crippen molar-refractivity contribution in [3.8, 4) is 5.75 Å². The van der Waals surface area contributed by atoms with Crippen LogP contribution < -0.4 is 0 Å². The number of amides is 1. The number of fused-ring (bicyclic) bond motifs is 4. The quantitative estimate of drug-likeness (QED) is 0.757. The van der Waals surface area contributed by atoms with Crippen LogP contribution in [0.1, 0.15) is 59.0 Å². The van der Waals surface area contributed by atoms with Crippen molar-refractivity contribution in [3.05, 3.63) is 64.5 Å². The molecule has 4 rings (SSSR count). The summed E-state index contributed by atoms with van der Waals surface area (Å²) in [5.74, 6) is -1.42. The molecule has 1 aliphatic carbocycles. The summed E-state index contributed by atoms with van der Waals surface area (Å²) >= 11 is 0. The predicted molar refractivity (Wildman–Crippen MR) is 110 cm³/mol. The molecule has 1 amide bonds.